The van der Waals surface area contributed by atoms with Crippen molar-refractivity contribution < 1.29 is 9.13 Å². The Kier molecular flexibility index (Phi) is 3.67. The van der Waals surface area contributed by atoms with Crippen LogP contribution < -0.4 is 10.5 Å². The molecule has 2 rings (SSSR count). The largest absolute Gasteiger partial charge is 0.453 e. The summed E-state index contributed by atoms with van der Waals surface area (Å²) in [5.41, 5.74) is 6.27. The Hall–Kier alpha value is -1.94. The van der Waals surface area contributed by atoms with Gasteiger partial charge in [0.1, 0.15) is 5.75 Å². The van der Waals surface area contributed by atoms with Crippen molar-refractivity contribution in [2.75, 3.05) is 6.54 Å². The fourth-order valence-electron chi connectivity index (χ4n) is 1.48. The molecule has 0 amide bonds. The molecule has 4 heteroatoms. The van der Waals surface area contributed by atoms with E-state index in [1.54, 1.807) is 24.4 Å². The van der Waals surface area contributed by atoms with Gasteiger partial charge in [-0.05, 0) is 42.8 Å². The summed E-state index contributed by atoms with van der Waals surface area (Å²) in [5, 5.41) is 0. The molecule has 0 bridgehead atoms. The van der Waals surface area contributed by atoms with Gasteiger partial charge in [-0.1, -0.05) is 6.07 Å². The number of rotatable bonds is 4. The van der Waals surface area contributed by atoms with E-state index in [9.17, 15) is 4.39 Å². The molecule has 0 unspecified atom stereocenters. The third-order valence-corrected chi connectivity index (χ3v) is 2.29. The van der Waals surface area contributed by atoms with E-state index in [2.05, 4.69) is 4.98 Å². The summed E-state index contributed by atoms with van der Waals surface area (Å²) < 4.78 is 19.0. The van der Waals surface area contributed by atoms with Crippen molar-refractivity contribution in [2.24, 2.45) is 5.73 Å². The summed E-state index contributed by atoms with van der Waals surface area (Å²) in [6.45, 7) is 0.502. The molecule has 2 aromatic rings. The molecular formula is C13H13FN2O. The van der Waals surface area contributed by atoms with E-state index < -0.39 is 0 Å². The van der Waals surface area contributed by atoms with E-state index in [0.29, 0.717) is 18.7 Å². The van der Waals surface area contributed by atoms with Gasteiger partial charge in [0.2, 0.25) is 0 Å². The molecule has 0 spiro atoms. The SMILES string of the molecule is NCCc1ccc(Oc2cccnc2)c(F)c1. The van der Waals surface area contributed by atoms with Crippen LogP contribution in [-0.4, -0.2) is 11.5 Å². The normalized spacial score (nSPS) is 10.2. The number of halogens is 1. The highest BCUT2D eigenvalue weighted by molar-refractivity contribution is 5.33. The fraction of sp³-hybridized carbons (Fsp3) is 0.154. The number of ether oxygens (including phenoxy) is 1. The Balaban J connectivity index is 2.17. The lowest BCUT2D eigenvalue weighted by Crippen LogP contribution is -2.03. The molecule has 0 saturated carbocycles. The molecule has 0 aliphatic heterocycles. The first kappa shape index (κ1) is 11.5. The van der Waals surface area contributed by atoms with Crippen LogP contribution in [-0.2, 0) is 6.42 Å². The lowest BCUT2D eigenvalue weighted by Gasteiger charge is -2.07. The fourth-order valence-corrected chi connectivity index (χ4v) is 1.48. The van der Waals surface area contributed by atoms with E-state index in [1.807, 2.05) is 6.07 Å². The molecule has 1 aromatic heterocycles. The highest BCUT2D eigenvalue weighted by Crippen LogP contribution is 2.24. The maximum Gasteiger partial charge on any atom is 0.165 e. The molecule has 1 aromatic carbocycles. The standard InChI is InChI=1S/C13H13FN2O/c14-12-8-10(5-6-15)3-4-13(12)17-11-2-1-7-16-9-11/h1-4,7-9H,5-6,15H2. The van der Waals surface area contributed by atoms with Crippen molar-refractivity contribution in [2.45, 2.75) is 6.42 Å². The van der Waals surface area contributed by atoms with E-state index in [-0.39, 0.29) is 11.6 Å². The van der Waals surface area contributed by atoms with Gasteiger partial charge in [-0.2, -0.15) is 0 Å². The third-order valence-electron chi connectivity index (χ3n) is 2.29. The van der Waals surface area contributed by atoms with Crippen LogP contribution in [0.15, 0.2) is 42.7 Å². The second-order valence-electron chi connectivity index (χ2n) is 3.59. The highest BCUT2D eigenvalue weighted by atomic mass is 19.1. The zero-order valence-electron chi connectivity index (χ0n) is 9.27. The summed E-state index contributed by atoms with van der Waals surface area (Å²) in [6, 6.07) is 8.31. The van der Waals surface area contributed by atoms with Gasteiger partial charge >= 0.3 is 0 Å². The molecule has 1 heterocycles. The van der Waals surface area contributed by atoms with Crippen LogP contribution in [0.2, 0.25) is 0 Å². The van der Waals surface area contributed by atoms with Crippen LogP contribution >= 0.6 is 0 Å². The van der Waals surface area contributed by atoms with Crippen molar-refractivity contribution in [3.63, 3.8) is 0 Å². The Bertz CT molecular complexity index is 488. The molecular weight excluding hydrogens is 219 g/mol. The van der Waals surface area contributed by atoms with Crippen LogP contribution in [0.4, 0.5) is 4.39 Å². The summed E-state index contributed by atoms with van der Waals surface area (Å²) in [7, 11) is 0. The van der Waals surface area contributed by atoms with E-state index >= 15 is 0 Å². The summed E-state index contributed by atoms with van der Waals surface area (Å²) in [5.74, 6) is 0.316. The topological polar surface area (TPSA) is 48.1 Å². The average Bonchev–Trinajstić information content (AvgIpc) is 2.34. The molecule has 0 fully saturated rings. The Morgan fingerprint density at radius 2 is 2.18 bits per heavy atom. The van der Waals surface area contributed by atoms with Crippen LogP contribution in [0, 0.1) is 5.82 Å². The molecule has 3 nitrogen and oxygen atoms in total. The maximum absolute atomic E-state index is 13.7. The van der Waals surface area contributed by atoms with E-state index in [4.69, 9.17) is 10.5 Å². The van der Waals surface area contributed by atoms with Gasteiger partial charge < -0.3 is 10.5 Å². The van der Waals surface area contributed by atoms with E-state index in [1.165, 1.54) is 12.3 Å². The van der Waals surface area contributed by atoms with Crippen molar-refractivity contribution >= 4 is 0 Å². The monoisotopic (exact) mass is 232 g/mol. The molecule has 0 radical (unpaired) electrons. The minimum absolute atomic E-state index is 0.193. The van der Waals surface area contributed by atoms with Crippen molar-refractivity contribution in [1.82, 2.24) is 4.98 Å². The lowest BCUT2D eigenvalue weighted by atomic mass is 10.1. The van der Waals surface area contributed by atoms with Gasteiger partial charge in [0.25, 0.3) is 0 Å². The number of hydrogen-bond donors (Lipinski definition) is 1. The molecule has 0 aliphatic rings. The minimum Gasteiger partial charge on any atom is -0.453 e. The first-order valence-corrected chi connectivity index (χ1v) is 5.36. The quantitative estimate of drug-likeness (QED) is 0.881. The van der Waals surface area contributed by atoms with Gasteiger partial charge in [-0.15, -0.1) is 0 Å². The van der Waals surface area contributed by atoms with Gasteiger partial charge in [-0.25, -0.2) is 4.39 Å². The molecule has 0 aliphatic carbocycles. The molecule has 88 valence electrons. The predicted molar refractivity (Wildman–Crippen MR) is 63.5 cm³/mol. The second-order valence-corrected chi connectivity index (χ2v) is 3.59. The number of hydrogen-bond acceptors (Lipinski definition) is 3. The average molecular weight is 232 g/mol. The summed E-state index contributed by atoms with van der Waals surface area (Å²) in [4.78, 5) is 3.89. The minimum atomic E-state index is -0.389. The second kappa shape index (κ2) is 5.41. The lowest BCUT2D eigenvalue weighted by molar-refractivity contribution is 0.440. The van der Waals surface area contributed by atoms with Crippen LogP contribution in [0.25, 0.3) is 0 Å². The van der Waals surface area contributed by atoms with Crippen LogP contribution in [0.3, 0.4) is 0 Å². The molecule has 0 atom stereocenters. The predicted octanol–water partition coefficient (Wildman–Crippen LogP) is 2.51. The molecule has 2 N–H and O–H groups in total. The van der Waals surface area contributed by atoms with Gasteiger partial charge in [0.05, 0.1) is 6.20 Å². The Morgan fingerprint density at radius 1 is 1.29 bits per heavy atom. The van der Waals surface area contributed by atoms with Crippen LogP contribution in [0.5, 0.6) is 11.5 Å². The zero-order valence-corrected chi connectivity index (χ0v) is 9.27. The summed E-state index contributed by atoms with van der Waals surface area (Å²) >= 11 is 0. The van der Waals surface area contributed by atoms with E-state index in [0.717, 1.165) is 5.56 Å². The number of pyridine rings is 1. The number of nitrogens with two attached hydrogens (primary N) is 1. The van der Waals surface area contributed by atoms with Gasteiger partial charge in [0, 0.05) is 6.20 Å². The highest BCUT2D eigenvalue weighted by Gasteiger charge is 2.05. The van der Waals surface area contributed by atoms with Crippen LogP contribution in [0.1, 0.15) is 5.56 Å². The number of benzene rings is 1. The number of nitrogens with zero attached hydrogens (tertiary/aromatic N) is 1. The zero-order chi connectivity index (χ0) is 12.1. The third kappa shape index (κ3) is 3.01. The van der Waals surface area contributed by atoms with Gasteiger partial charge in [0.15, 0.2) is 11.6 Å². The smallest absolute Gasteiger partial charge is 0.165 e. The van der Waals surface area contributed by atoms with Crippen molar-refractivity contribution in [3.8, 4) is 11.5 Å². The van der Waals surface area contributed by atoms with Crippen molar-refractivity contribution in [3.05, 3.63) is 54.1 Å². The Morgan fingerprint density at radius 3 is 2.82 bits per heavy atom. The molecule has 0 saturated heterocycles. The Labute approximate surface area is 99.1 Å². The maximum atomic E-state index is 13.7. The molecule has 17 heavy (non-hydrogen) atoms. The van der Waals surface area contributed by atoms with Gasteiger partial charge in [-0.3, -0.25) is 4.98 Å². The first-order chi connectivity index (χ1) is 8.29. The number of aromatic nitrogens is 1. The summed E-state index contributed by atoms with van der Waals surface area (Å²) in [6.07, 6.45) is 3.82. The van der Waals surface area contributed by atoms with Crippen molar-refractivity contribution in [1.29, 1.82) is 0 Å². The first-order valence-electron chi connectivity index (χ1n) is 5.36.